The van der Waals surface area contributed by atoms with E-state index in [2.05, 4.69) is 0 Å². The fraction of sp³-hybridized carbons (Fsp3) is 1.00. The van der Waals surface area contributed by atoms with E-state index in [0.29, 0.717) is 6.54 Å². The second-order valence-corrected chi connectivity index (χ2v) is 3.77. The van der Waals surface area contributed by atoms with E-state index in [-0.39, 0.29) is 13.0 Å². The molecule has 0 amide bonds. The lowest BCUT2D eigenvalue weighted by molar-refractivity contribution is -0.132. The minimum absolute atomic E-state index is 0.163. The summed E-state index contributed by atoms with van der Waals surface area (Å²) in [7, 11) is 0. The third-order valence-electron chi connectivity index (χ3n) is 1.52. The van der Waals surface area contributed by atoms with E-state index in [4.69, 9.17) is 5.11 Å². The van der Waals surface area contributed by atoms with Gasteiger partial charge in [0, 0.05) is 29.4 Å². The Morgan fingerprint density at radius 3 is 2.60 bits per heavy atom. The number of aliphatic hydroxyl groups excluding tert-OH is 1. The van der Waals surface area contributed by atoms with Crippen molar-refractivity contribution >= 4 is 22.9 Å². The highest BCUT2D eigenvalue weighted by Crippen LogP contribution is 2.28. The summed E-state index contributed by atoms with van der Waals surface area (Å²) in [5, 5.41) is 8.77. The molecule has 1 unspecified atom stereocenters. The Hall–Kier alpha value is 0.510. The van der Waals surface area contributed by atoms with Crippen molar-refractivity contribution in [3.63, 3.8) is 0 Å². The monoisotopic (exact) mass is 263 g/mol. The van der Waals surface area contributed by atoms with Crippen molar-refractivity contribution in [2.45, 2.75) is 18.4 Å². The van der Waals surface area contributed by atoms with Gasteiger partial charge in [0.15, 0.2) is 0 Å². The molecule has 1 aliphatic heterocycles. The van der Waals surface area contributed by atoms with Gasteiger partial charge in [0.05, 0.1) is 6.54 Å². The fourth-order valence-corrected chi connectivity index (χ4v) is 1.62. The molecule has 10 heavy (non-hydrogen) atoms. The van der Waals surface area contributed by atoms with E-state index < -0.39 is 12.0 Å². The zero-order valence-corrected chi connectivity index (χ0v) is 7.38. The van der Waals surface area contributed by atoms with Crippen LogP contribution in [0.5, 0.6) is 0 Å². The molecule has 0 spiro atoms. The molecular weight excluding hydrogens is 255 g/mol. The Kier molecular flexibility index (Phi) is 2.46. The van der Waals surface area contributed by atoms with Gasteiger partial charge in [-0.2, -0.15) is 0 Å². The molecule has 0 aromatic carbocycles. The molecule has 0 bridgehead atoms. The van der Waals surface area contributed by atoms with Gasteiger partial charge in [-0.1, -0.05) is 0 Å². The van der Waals surface area contributed by atoms with Gasteiger partial charge >= 0.3 is 0 Å². The number of alkyl halides is 2. The topological polar surface area (TPSA) is 23.5 Å². The van der Waals surface area contributed by atoms with Crippen molar-refractivity contribution in [2.75, 3.05) is 13.1 Å². The first-order valence-corrected chi connectivity index (χ1v) is 3.95. The molecule has 1 N–H and O–H groups in total. The van der Waals surface area contributed by atoms with Crippen LogP contribution in [0.2, 0.25) is 0 Å². The van der Waals surface area contributed by atoms with E-state index in [1.807, 2.05) is 22.9 Å². The first-order valence-electron chi connectivity index (χ1n) is 2.99. The Labute approximate surface area is 71.7 Å². The van der Waals surface area contributed by atoms with Gasteiger partial charge in [0.25, 0.3) is 5.92 Å². The number of aliphatic hydroxyl groups is 1. The lowest BCUT2D eigenvalue weighted by Crippen LogP contribution is -2.47. The number of halogens is 3. The van der Waals surface area contributed by atoms with Crippen LogP contribution >= 0.6 is 22.9 Å². The van der Waals surface area contributed by atoms with Gasteiger partial charge in [0.1, 0.15) is 6.10 Å². The summed E-state index contributed by atoms with van der Waals surface area (Å²) in [4.78, 5) is 0. The van der Waals surface area contributed by atoms with Crippen LogP contribution in [-0.2, 0) is 0 Å². The average Bonchev–Trinajstić information content (AvgIpc) is 1.78. The van der Waals surface area contributed by atoms with Crippen molar-refractivity contribution in [1.29, 1.82) is 0 Å². The molecule has 0 saturated carbocycles. The maximum atomic E-state index is 12.6. The molecule has 1 aliphatic rings. The van der Waals surface area contributed by atoms with E-state index in [9.17, 15) is 8.78 Å². The molecular formula is C5H8F2INO. The summed E-state index contributed by atoms with van der Waals surface area (Å²) in [5.74, 6) is -2.92. The quantitative estimate of drug-likeness (QED) is 0.521. The van der Waals surface area contributed by atoms with Crippen molar-refractivity contribution in [1.82, 2.24) is 3.11 Å². The third kappa shape index (κ3) is 1.76. The van der Waals surface area contributed by atoms with Gasteiger partial charge in [-0.05, 0) is 6.42 Å². The highest BCUT2D eigenvalue weighted by molar-refractivity contribution is 14.1. The number of nitrogens with zero attached hydrogens (tertiary/aromatic N) is 1. The van der Waals surface area contributed by atoms with Gasteiger partial charge in [-0.15, -0.1) is 0 Å². The predicted octanol–water partition coefficient (Wildman–Crippen LogP) is 1.04. The highest BCUT2D eigenvalue weighted by atomic mass is 127. The lowest BCUT2D eigenvalue weighted by Gasteiger charge is -2.31. The number of hydrogen-bond acceptors (Lipinski definition) is 2. The Bertz CT molecular complexity index is 133. The van der Waals surface area contributed by atoms with E-state index >= 15 is 0 Å². The van der Waals surface area contributed by atoms with Crippen LogP contribution in [0, 0.1) is 0 Å². The van der Waals surface area contributed by atoms with Crippen LogP contribution in [0.15, 0.2) is 0 Å². The van der Waals surface area contributed by atoms with Crippen LogP contribution in [0.1, 0.15) is 6.42 Å². The molecule has 60 valence electrons. The number of piperidine rings is 1. The van der Waals surface area contributed by atoms with Crippen molar-refractivity contribution < 1.29 is 13.9 Å². The van der Waals surface area contributed by atoms with Crippen molar-refractivity contribution in [2.24, 2.45) is 0 Å². The van der Waals surface area contributed by atoms with E-state index in [1.54, 1.807) is 0 Å². The molecule has 0 aromatic heterocycles. The van der Waals surface area contributed by atoms with Gasteiger partial charge in [0.2, 0.25) is 0 Å². The van der Waals surface area contributed by atoms with Crippen molar-refractivity contribution in [3.05, 3.63) is 0 Å². The molecule has 0 radical (unpaired) electrons. The highest BCUT2D eigenvalue weighted by Gasteiger charge is 2.42. The Morgan fingerprint density at radius 1 is 1.60 bits per heavy atom. The molecule has 1 heterocycles. The van der Waals surface area contributed by atoms with Crippen LogP contribution in [0.3, 0.4) is 0 Å². The summed E-state index contributed by atoms with van der Waals surface area (Å²) < 4.78 is 26.6. The van der Waals surface area contributed by atoms with Crippen molar-refractivity contribution in [3.8, 4) is 0 Å². The standard InChI is InChI=1S/C5H8F2INO/c6-5(7)3-9(8)2-1-4(5)10/h4,10H,1-3H2. The molecule has 1 saturated heterocycles. The summed E-state index contributed by atoms with van der Waals surface area (Å²) in [6, 6.07) is 0. The lowest BCUT2D eigenvalue weighted by atomic mass is 10.1. The maximum Gasteiger partial charge on any atom is 0.286 e. The zero-order valence-electron chi connectivity index (χ0n) is 5.23. The van der Waals surface area contributed by atoms with Crippen LogP contribution in [0.25, 0.3) is 0 Å². The van der Waals surface area contributed by atoms with Gasteiger partial charge in [-0.3, -0.25) is 0 Å². The summed E-state index contributed by atoms with van der Waals surface area (Å²) >= 11 is 1.83. The maximum absolute atomic E-state index is 12.6. The third-order valence-corrected chi connectivity index (χ3v) is 2.34. The Balaban J connectivity index is 2.55. The minimum atomic E-state index is -2.92. The molecule has 0 aliphatic carbocycles. The van der Waals surface area contributed by atoms with Crippen LogP contribution < -0.4 is 0 Å². The summed E-state index contributed by atoms with van der Waals surface area (Å²) in [6.45, 7) is 0.200. The second kappa shape index (κ2) is 2.86. The van der Waals surface area contributed by atoms with E-state index in [0.717, 1.165) is 0 Å². The smallest absolute Gasteiger partial charge is 0.286 e. The predicted molar refractivity (Wildman–Crippen MR) is 41.2 cm³/mol. The molecule has 1 fully saturated rings. The van der Waals surface area contributed by atoms with Gasteiger partial charge in [-0.25, -0.2) is 11.9 Å². The van der Waals surface area contributed by atoms with Crippen LogP contribution in [-0.4, -0.2) is 33.3 Å². The molecule has 2 nitrogen and oxygen atoms in total. The van der Waals surface area contributed by atoms with E-state index in [1.165, 1.54) is 3.11 Å². The van der Waals surface area contributed by atoms with Crippen LogP contribution in [0.4, 0.5) is 8.78 Å². The fourth-order valence-electron chi connectivity index (χ4n) is 0.887. The van der Waals surface area contributed by atoms with Gasteiger partial charge < -0.3 is 5.11 Å². The number of hydrogen-bond donors (Lipinski definition) is 1. The summed E-state index contributed by atoms with van der Waals surface area (Å²) in [6.07, 6.45) is -1.28. The molecule has 1 atom stereocenters. The summed E-state index contributed by atoms with van der Waals surface area (Å²) in [5.41, 5.74) is 0. The number of rotatable bonds is 0. The minimum Gasteiger partial charge on any atom is -0.387 e. The zero-order chi connectivity index (χ0) is 7.78. The molecule has 5 heteroatoms. The average molecular weight is 263 g/mol. The molecule has 1 rings (SSSR count). The second-order valence-electron chi connectivity index (χ2n) is 2.41. The first-order chi connectivity index (χ1) is 4.52. The molecule has 0 aromatic rings. The first kappa shape index (κ1) is 8.61. The Morgan fingerprint density at radius 2 is 2.20 bits per heavy atom. The SMILES string of the molecule is OC1CCN(I)CC1(F)F. The largest absolute Gasteiger partial charge is 0.387 e. The normalized spacial score (nSPS) is 34.2.